The lowest BCUT2D eigenvalue weighted by molar-refractivity contribution is 0.134. The van der Waals surface area contributed by atoms with E-state index in [2.05, 4.69) is 33.5 Å². The van der Waals surface area contributed by atoms with Crippen molar-refractivity contribution in [1.29, 1.82) is 0 Å². The van der Waals surface area contributed by atoms with Gasteiger partial charge in [-0.1, -0.05) is 30.0 Å². The van der Waals surface area contributed by atoms with Crippen LogP contribution in [0.1, 0.15) is 29.7 Å². The van der Waals surface area contributed by atoms with Crippen LogP contribution in [0.2, 0.25) is 0 Å². The first-order valence-corrected chi connectivity index (χ1v) is 11.4. The maximum Gasteiger partial charge on any atom is 0.415 e. The predicted molar refractivity (Wildman–Crippen MR) is 118 cm³/mol. The van der Waals surface area contributed by atoms with Gasteiger partial charge in [0.15, 0.2) is 0 Å². The van der Waals surface area contributed by atoms with E-state index in [0.717, 1.165) is 41.4 Å². The van der Waals surface area contributed by atoms with Crippen molar-refractivity contribution in [2.45, 2.75) is 31.3 Å². The number of carbonyl (C=O) groups excluding carboxylic acids is 1. The molecule has 0 spiro atoms. The number of likely N-dealkylation sites (tertiary alicyclic amines) is 1. The molecule has 31 heavy (non-hydrogen) atoms. The molecule has 1 amide bonds. The summed E-state index contributed by atoms with van der Waals surface area (Å²) >= 11 is 1.66. The summed E-state index contributed by atoms with van der Waals surface area (Å²) in [6.45, 7) is 3.48. The van der Waals surface area contributed by atoms with E-state index in [0.29, 0.717) is 24.8 Å². The number of benzene rings is 1. The number of hydrogen-bond acceptors (Lipinski definition) is 7. The predicted octanol–water partition coefficient (Wildman–Crippen LogP) is 3.51. The number of tetrazole rings is 1. The summed E-state index contributed by atoms with van der Waals surface area (Å²) in [4.78, 5) is 18.8. The van der Waals surface area contributed by atoms with Crippen LogP contribution in [0.15, 0.2) is 47.8 Å². The molecular formula is C22H26N6O2S. The van der Waals surface area contributed by atoms with Crippen molar-refractivity contribution in [2.24, 2.45) is 13.0 Å². The summed E-state index contributed by atoms with van der Waals surface area (Å²) in [7, 11) is 1.84. The van der Waals surface area contributed by atoms with Crippen LogP contribution in [-0.2, 0) is 13.5 Å². The van der Waals surface area contributed by atoms with Gasteiger partial charge in [-0.25, -0.2) is 9.48 Å². The zero-order valence-electron chi connectivity index (χ0n) is 17.8. The molecule has 0 aliphatic carbocycles. The molecule has 0 N–H and O–H groups in total. The fourth-order valence-electron chi connectivity index (χ4n) is 3.56. The van der Waals surface area contributed by atoms with E-state index in [1.54, 1.807) is 21.3 Å². The molecule has 0 saturated carbocycles. The monoisotopic (exact) mass is 438 g/mol. The van der Waals surface area contributed by atoms with Crippen LogP contribution in [0.3, 0.4) is 0 Å². The second-order valence-electron chi connectivity index (χ2n) is 7.78. The van der Waals surface area contributed by atoms with Crippen LogP contribution in [0.5, 0.6) is 5.75 Å². The molecule has 0 unspecified atom stereocenters. The fraction of sp³-hybridized carbons (Fsp3) is 0.409. The Labute approximate surface area is 186 Å². The first-order chi connectivity index (χ1) is 15.1. The Balaban J connectivity index is 1.23. The number of nitrogens with zero attached hydrogens (tertiary/aromatic N) is 6. The molecule has 9 heteroatoms. The zero-order valence-corrected chi connectivity index (χ0v) is 18.6. The van der Waals surface area contributed by atoms with Crippen LogP contribution in [0.4, 0.5) is 4.79 Å². The van der Waals surface area contributed by atoms with Gasteiger partial charge in [-0.15, -0.1) is 5.10 Å². The van der Waals surface area contributed by atoms with Crippen molar-refractivity contribution in [3.05, 3.63) is 59.4 Å². The van der Waals surface area contributed by atoms with Crippen molar-refractivity contribution < 1.29 is 9.53 Å². The number of carbonyl (C=O) groups is 1. The number of amides is 1. The highest BCUT2D eigenvalue weighted by atomic mass is 32.2. The fourth-order valence-corrected chi connectivity index (χ4v) is 4.59. The van der Waals surface area contributed by atoms with E-state index < -0.39 is 0 Å². The maximum absolute atomic E-state index is 12.5. The number of thioether (sulfide) groups is 1. The van der Waals surface area contributed by atoms with E-state index in [1.165, 1.54) is 5.56 Å². The molecule has 0 radical (unpaired) electrons. The Morgan fingerprint density at radius 2 is 1.97 bits per heavy atom. The number of hydrogen-bond donors (Lipinski definition) is 0. The van der Waals surface area contributed by atoms with Gasteiger partial charge in [-0.05, 0) is 65.4 Å². The van der Waals surface area contributed by atoms with Crippen molar-refractivity contribution >= 4 is 17.9 Å². The van der Waals surface area contributed by atoms with E-state index in [-0.39, 0.29) is 6.09 Å². The lowest BCUT2D eigenvalue weighted by atomic mass is 9.99. The molecule has 1 aliphatic rings. The van der Waals surface area contributed by atoms with Gasteiger partial charge >= 0.3 is 6.09 Å². The van der Waals surface area contributed by atoms with Gasteiger partial charge in [0, 0.05) is 44.2 Å². The SMILES string of the molecule is Cc1cccnc1Cc1ccc(OC(=O)N2CCC(CSc3nnnn3C)CC2)cc1. The minimum Gasteiger partial charge on any atom is -0.410 e. The molecule has 8 nitrogen and oxygen atoms in total. The first kappa shape index (κ1) is 21.3. The van der Waals surface area contributed by atoms with E-state index in [4.69, 9.17) is 4.74 Å². The molecule has 162 valence electrons. The molecule has 3 heterocycles. The number of aryl methyl sites for hydroxylation is 2. The number of aromatic nitrogens is 5. The Morgan fingerprint density at radius 3 is 2.65 bits per heavy atom. The summed E-state index contributed by atoms with van der Waals surface area (Å²) in [5.41, 5.74) is 3.37. The number of ether oxygens (including phenoxy) is 1. The van der Waals surface area contributed by atoms with Gasteiger partial charge in [0.25, 0.3) is 0 Å². The molecule has 3 aromatic rings. The molecule has 2 aromatic heterocycles. The molecule has 0 bridgehead atoms. The van der Waals surface area contributed by atoms with Crippen LogP contribution >= 0.6 is 11.8 Å². The van der Waals surface area contributed by atoms with Crippen molar-refractivity contribution in [2.75, 3.05) is 18.8 Å². The summed E-state index contributed by atoms with van der Waals surface area (Å²) < 4.78 is 7.27. The van der Waals surface area contributed by atoms with Crippen LogP contribution in [0, 0.1) is 12.8 Å². The summed E-state index contributed by atoms with van der Waals surface area (Å²) in [5, 5.41) is 12.3. The number of rotatable bonds is 6. The second-order valence-corrected chi connectivity index (χ2v) is 8.77. The topological polar surface area (TPSA) is 86.0 Å². The highest BCUT2D eigenvalue weighted by Gasteiger charge is 2.24. The third-order valence-corrected chi connectivity index (χ3v) is 6.76. The summed E-state index contributed by atoms with van der Waals surface area (Å²) in [6, 6.07) is 11.7. The van der Waals surface area contributed by atoms with Crippen molar-refractivity contribution in [3.63, 3.8) is 0 Å². The molecule has 1 fully saturated rings. The van der Waals surface area contributed by atoms with Gasteiger partial charge in [0.05, 0.1) is 0 Å². The minimum atomic E-state index is -0.281. The normalized spacial score (nSPS) is 14.6. The summed E-state index contributed by atoms with van der Waals surface area (Å²) in [6.07, 6.45) is 4.20. The van der Waals surface area contributed by atoms with Crippen LogP contribution in [0.25, 0.3) is 0 Å². The van der Waals surface area contributed by atoms with Gasteiger partial charge in [-0.3, -0.25) is 4.98 Å². The summed E-state index contributed by atoms with van der Waals surface area (Å²) in [5.74, 6) is 2.06. The largest absolute Gasteiger partial charge is 0.415 e. The van der Waals surface area contributed by atoms with E-state index >= 15 is 0 Å². The van der Waals surface area contributed by atoms with Crippen molar-refractivity contribution in [3.8, 4) is 5.75 Å². The maximum atomic E-state index is 12.5. The average Bonchev–Trinajstić information content (AvgIpc) is 3.20. The molecular weight excluding hydrogens is 412 g/mol. The number of pyridine rings is 1. The van der Waals surface area contributed by atoms with E-state index in [1.807, 2.05) is 43.6 Å². The van der Waals surface area contributed by atoms with Gasteiger partial charge in [-0.2, -0.15) is 0 Å². The van der Waals surface area contributed by atoms with Crippen molar-refractivity contribution in [1.82, 2.24) is 30.1 Å². The highest BCUT2D eigenvalue weighted by Crippen LogP contribution is 2.25. The lowest BCUT2D eigenvalue weighted by Gasteiger charge is -2.30. The van der Waals surface area contributed by atoms with Crippen LogP contribution in [-0.4, -0.2) is 55.0 Å². The Hall–Kier alpha value is -2.94. The Bertz CT molecular complexity index is 1010. The van der Waals surface area contributed by atoms with E-state index in [9.17, 15) is 4.79 Å². The third-order valence-electron chi connectivity index (χ3n) is 5.52. The molecule has 1 aromatic carbocycles. The molecule has 1 aliphatic heterocycles. The third kappa shape index (κ3) is 5.61. The molecule has 0 atom stereocenters. The lowest BCUT2D eigenvalue weighted by Crippen LogP contribution is -2.40. The quantitative estimate of drug-likeness (QED) is 0.544. The average molecular weight is 439 g/mol. The van der Waals surface area contributed by atoms with Gasteiger partial charge in [0.2, 0.25) is 5.16 Å². The highest BCUT2D eigenvalue weighted by molar-refractivity contribution is 7.99. The van der Waals surface area contributed by atoms with Crippen LogP contribution < -0.4 is 4.74 Å². The smallest absolute Gasteiger partial charge is 0.410 e. The standard InChI is InChI=1S/C22H26N6O2S/c1-16-4-3-11-23-20(16)14-17-5-7-19(8-6-17)30-22(29)28-12-9-18(10-13-28)15-31-21-24-25-26-27(21)2/h3-8,11,18H,9-10,12-15H2,1-2H3. The first-order valence-electron chi connectivity index (χ1n) is 10.4. The minimum absolute atomic E-state index is 0.281. The van der Waals surface area contributed by atoms with Gasteiger partial charge in [0.1, 0.15) is 5.75 Å². The number of piperidine rings is 1. The Kier molecular flexibility index (Phi) is 6.81. The van der Waals surface area contributed by atoms with Gasteiger partial charge < -0.3 is 9.64 Å². The Morgan fingerprint density at radius 1 is 1.19 bits per heavy atom. The molecule has 1 saturated heterocycles. The zero-order chi connectivity index (χ0) is 21.6. The molecule has 4 rings (SSSR count). The second kappa shape index (κ2) is 9.91.